The monoisotopic (exact) mass is 416 g/mol. The lowest BCUT2D eigenvalue weighted by Gasteiger charge is -2.57. The minimum atomic E-state index is -0.362. The second-order valence-corrected chi connectivity index (χ2v) is 10.0. The van der Waals surface area contributed by atoms with Crippen molar-refractivity contribution < 1.29 is 9.59 Å². The van der Waals surface area contributed by atoms with E-state index in [-0.39, 0.29) is 24.3 Å². The number of imide groups is 1. The predicted octanol–water partition coefficient (Wildman–Crippen LogP) is 3.89. The lowest BCUT2D eigenvalue weighted by atomic mass is 9.49. The van der Waals surface area contributed by atoms with Gasteiger partial charge in [-0.15, -0.1) is 0 Å². The van der Waals surface area contributed by atoms with Crippen LogP contribution in [-0.2, 0) is 9.59 Å². The third-order valence-electron chi connectivity index (χ3n) is 7.12. The summed E-state index contributed by atoms with van der Waals surface area (Å²) in [5.41, 5.74) is 1.05. The van der Waals surface area contributed by atoms with Gasteiger partial charge in [0, 0.05) is 11.0 Å². The van der Waals surface area contributed by atoms with E-state index in [9.17, 15) is 9.59 Å². The van der Waals surface area contributed by atoms with E-state index < -0.39 is 0 Å². The molecular weight excluding hydrogens is 392 g/mol. The van der Waals surface area contributed by atoms with Gasteiger partial charge in [-0.25, -0.2) is 4.90 Å². The Bertz CT molecular complexity index is 710. The molecule has 0 aromatic heterocycles. The molecule has 5 aliphatic rings. The molecule has 1 saturated heterocycles. The fourth-order valence-corrected chi connectivity index (χ4v) is 6.76. The maximum Gasteiger partial charge on any atom is 0.251 e. The number of carbonyl (C=O) groups excluding carboxylic acids is 2. The Labute approximate surface area is 162 Å². The van der Waals surface area contributed by atoms with Gasteiger partial charge in [0.2, 0.25) is 5.91 Å². The van der Waals surface area contributed by atoms with Crippen LogP contribution in [0.1, 0.15) is 44.9 Å². The molecule has 1 aromatic carbocycles. The molecule has 4 saturated carbocycles. The third kappa shape index (κ3) is 2.84. The SMILES string of the molecule is O=C1C[C@H](NCC23CC4CC(CC(C4)C2)C3)C(=O)N1c1ccc(Br)cc1. The van der Waals surface area contributed by atoms with Crippen molar-refractivity contribution in [1.29, 1.82) is 0 Å². The fraction of sp³-hybridized carbons (Fsp3) is 0.619. The van der Waals surface area contributed by atoms with E-state index in [4.69, 9.17) is 0 Å². The maximum absolute atomic E-state index is 12.8. The van der Waals surface area contributed by atoms with E-state index in [1.54, 1.807) is 0 Å². The van der Waals surface area contributed by atoms with Crippen molar-refractivity contribution in [1.82, 2.24) is 5.32 Å². The molecule has 1 aliphatic heterocycles. The minimum Gasteiger partial charge on any atom is -0.305 e. The number of benzene rings is 1. The van der Waals surface area contributed by atoms with E-state index >= 15 is 0 Å². The van der Waals surface area contributed by atoms with E-state index in [1.807, 2.05) is 24.3 Å². The van der Waals surface area contributed by atoms with Gasteiger partial charge in [-0.05, 0) is 86.0 Å². The van der Waals surface area contributed by atoms with E-state index in [0.29, 0.717) is 11.1 Å². The molecule has 1 atom stereocenters. The summed E-state index contributed by atoms with van der Waals surface area (Å²) in [4.78, 5) is 26.7. The van der Waals surface area contributed by atoms with Gasteiger partial charge in [0.25, 0.3) is 5.91 Å². The highest BCUT2D eigenvalue weighted by molar-refractivity contribution is 9.10. The van der Waals surface area contributed by atoms with Gasteiger partial charge in [-0.1, -0.05) is 15.9 Å². The number of rotatable bonds is 4. The summed E-state index contributed by atoms with van der Waals surface area (Å²) >= 11 is 3.40. The van der Waals surface area contributed by atoms with Crippen LogP contribution in [0.4, 0.5) is 5.69 Å². The maximum atomic E-state index is 12.8. The molecule has 1 N–H and O–H groups in total. The van der Waals surface area contributed by atoms with Gasteiger partial charge in [0.15, 0.2) is 0 Å². The molecule has 0 unspecified atom stereocenters. The van der Waals surface area contributed by atoms with Gasteiger partial charge < -0.3 is 5.32 Å². The molecule has 26 heavy (non-hydrogen) atoms. The van der Waals surface area contributed by atoms with Crippen molar-refractivity contribution >= 4 is 33.4 Å². The zero-order chi connectivity index (χ0) is 17.9. The summed E-state index contributed by atoms with van der Waals surface area (Å²) < 4.78 is 0.942. The van der Waals surface area contributed by atoms with Crippen molar-refractivity contribution in [3.05, 3.63) is 28.7 Å². The third-order valence-corrected chi connectivity index (χ3v) is 7.65. The van der Waals surface area contributed by atoms with Crippen molar-refractivity contribution in [3.8, 4) is 0 Å². The number of hydrogen-bond donors (Lipinski definition) is 1. The lowest BCUT2D eigenvalue weighted by Crippen LogP contribution is -2.52. The topological polar surface area (TPSA) is 49.4 Å². The van der Waals surface area contributed by atoms with Crippen molar-refractivity contribution in [3.63, 3.8) is 0 Å². The number of hydrogen-bond acceptors (Lipinski definition) is 3. The molecule has 4 bridgehead atoms. The van der Waals surface area contributed by atoms with Crippen LogP contribution in [0.15, 0.2) is 28.7 Å². The van der Waals surface area contributed by atoms with E-state index in [1.165, 1.54) is 43.4 Å². The Hall–Kier alpha value is -1.20. The van der Waals surface area contributed by atoms with Crippen LogP contribution in [0.25, 0.3) is 0 Å². The van der Waals surface area contributed by atoms with Crippen LogP contribution >= 0.6 is 15.9 Å². The second kappa shape index (κ2) is 6.16. The van der Waals surface area contributed by atoms with Crippen molar-refractivity contribution in [2.24, 2.45) is 23.2 Å². The Morgan fingerprint density at radius 1 is 1.00 bits per heavy atom. The number of nitrogens with zero attached hydrogens (tertiary/aromatic N) is 1. The standard InChI is InChI=1S/C21H25BrN2O2/c22-16-1-3-17(4-2-16)24-19(25)8-18(20(24)26)23-12-21-9-13-5-14(10-21)7-15(6-13)11-21/h1-4,13-15,18,23H,5-12H2/t13?,14?,15?,18-,21?/m0/s1. The van der Waals surface area contributed by atoms with E-state index in [0.717, 1.165) is 28.8 Å². The smallest absolute Gasteiger partial charge is 0.251 e. The summed E-state index contributed by atoms with van der Waals surface area (Å²) in [5.74, 6) is 2.53. The van der Waals surface area contributed by atoms with Gasteiger partial charge in [-0.2, -0.15) is 0 Å². The highest BCUT2D eigenvalue weighted by atomic mass is 79.9. The van der Waals surface area contributed by atoms with Crippen LogP contribution < -0.4 is 10.2 Å². The van der Waals surface area contributed by atoms with Gasteiger partial charge >= 0.3 is 0 Å². The molecule has 138 valence electrons. The number of nitrogens with one attached hydrogen (secondary N) is 1. The highest BCUT2D eigenvalue weighted by Crippen LogP contribution is 2.59. The Morgan fingerprint density at radius 3 is 2.15 bits per heavy atom. The fourth-order valence-electron chi connectivity index (χ4n) is 6.50. The number of anilines is 1. The Morgan fingerprint density at radius 2 is 1.58 bits per heavy atom. The van der Waals surface area contributed by atoms with Crippen LogP contribution in [-0.4, -0.2) is 24.4 Å². The first-order chi connectivity index (χ1) is 12.5. The van der Waals surface area contributed by atoms with Crippen LogP contribution in [0.3, 0.4) is 0 Å². The molecule has 6 rings (SSSR count). The molecule has 4 nitrogen and oxygen atoms in total. The van der Waals surface area contributed by atoms with Gasteiger partial charge in [-0.3, -0.25) is 9.59 Å². The van der Waals surface area contributed by atoms with Gasteiger partial charge in [0.1, 0.15) is 0 Å². The number of carbonyl (C=O) groups is 2. The molecular formula is C21H25BrN2O2. The minimum absolute atomic E-state index is 0.0953. The zero-order valence-electron chi connectivity index (χ0n) is 14.9. The van der Waals surface area contributed by atoms with E-state index in [2.05, 4.69) is 21.2 Å². The van der Waals surface area contributed by atoms with Crippen LogP contribution in [0.5, 0.6) is 0 Å². The lowest BCUT2D eigenvalue weighted by molar-refractivity contribution is -0.121. The molecule has 0 spiro atoms. The average molecular weight is 417 g/mol. The molecule has 1 heterocycles. The van der Waals surface area contributed by atoms with Crippen LogP contribution in [0.2, 0.25) is 0 Å². The molecule has 0 radical (unpaired) electrons. The van der Waals surface area contributed by atoms with Crippen molar-refractivity contribution in [2.45, 2.75) is 51.0 Å². The quantitative estimate of drug-likeness (QED) is 0.757. The summed E-state index contributed by atoms with van der Waals surface area (Å²) in [6, 6.07) is 7.01. The highest BCUT2D eigenvalue weighted by Gasteiger charge is 2.51. The first-order valence-corrected chi connectivity index (χ1v) is 10.7. The first-order valence-electron chi connectivity index (χ1n) is 9.87. The first kappa shape index (κ1) is 16.9. The summed E-state index contributed by atoms with van der Waals surface area (Å²) in [7, 11) is 0. The predicted molar refractivity (Wildman–Crippen MR) is 104 cm³/mol. The Balaban J connectivity index is 1.28. The molecule has 2 amide bonds. The normalized spacial score (nSPS) is 38.4. The number of halogens is 1. The molecule has 1 aromatic rings. The summed E-state index contributed by atoms with van der Waals surface area (Å²) in [6.45, 7) is 0.897. The summed E-state index contributed by atoms with van der Waals surface area (Å²) in [5, 5.41) is 3.51. The molecule has 4 aliphatic carbocycles. The van der Waals surface area contributed by atoms with Crippen LogP contribution in [0, 0.1) is 23.2 Å². The second-order valence-electron chi connectivity index (χ2n) is 9.10. The zero-order valence-corrected chi connectivity index (χ0v) is 16.5. The average Bonchev–Trinajstić information content (AvgIpc) is 2.87. The molecule has 5 fully saturated rings. The van der Waals surface area contributed by atoms with Gasteiger partial charge in [0.05, 0.1) is 18.2 Å². The summed E-state index contributed by atoms with van der Waals surface area (Å²) in [6.07, 6.45) is 8.51. The Kier molecular flexibility index (Phi) is 4.02. The van der Waals surface area contributed by atoms with Crippen molar-refractivity contribution in [2.75, 3.05) is 11.4 Å². The molecule has 5 heteroatoms. The largest absolute Gasteiger partial charge is 0.305 e. The number of amides is 2.